The standard InChI is InChI=1S/C22H20ClN3O4/c1-14-12-18(27)21(25-26(14)17-5-3-16(23)4-6-17)22(28)24-9-8-15-2-7-19-20(13-15)30-11-10-29-19/h2-7,12-13H,8-11H2,1H3,(H,24,28). The molecule has 0 spiro atoms. The number of aryl methyl sites for hydroxylation is 1. The number of carbonyl (C=O) groups is 1. The number of fused-ring (bicyclic) bond motifs is 1. The van der Waals surface area contributed by atoms with Gasteiger partial charge in [-0.2, -0.15) is 5.10 Å². The zero-order valence-electron chi connectivity index (χ0n) is 16.4. The molecule has 0 aliphatic carbocycles. The van der Waals surface area contributed by atoms with Crippen LogP contribution >= 0.6 is 11.6 Å². The van der Waals surface area contributed by atoms with E-state index in [1.807, 2.05) is 18.2 Å². The van der Waals surface area contributed by atoms with Gasteiger partial charge in [-0.15, -0.1) is 0 Å². The Morgan fingerprint density at radius 1 is 1.10 bits per heavy atom. The lowest BCUT2D eigenvalue weighted by Crippen LogP contribution is -2.33. The van der Waals surface area contributed by atoms with Crippen LogP contribution in [-0.4, -0.2) is 35.4 Å². The molecule has 2 heterocycles. The molecule has 2 aromatic carbocycles. The quantitative estimate of drug-likeness (QED) is 0.679. The van der Waals surface area contributed by atoms with Crippen molar-refractivity contribution in [3.8, 4) is 17.2 Å². The lowest BCUT2D eigenvalue weighted by molar-refractivity contribution is 0.0946. The summed E-state index contributed by atoms with van der Waals surface area (Å²) in [5.74, 6) is 0.914. The molecular formula is C22H20ClN3O4. The molecule has 0 saturated carbocycles. The van der Waals surface area contributed by atoms with Crippen molar-refractivity contribution in [2.24, 2.45) is 0 Å². The molecule has 1 aromatic heterocycles. The van der Waals surface area contributed by atoms with E-state index in [-0.39, 0.29) is 5.69 Å². The fourth-order valence-corrected chi connectivity index (χ4v) is 3.32. The number of benzene rings is 2. The van der Waals surface area contributed by atoms with Crippen LogP contribution in [0.3, 0.4) is 0 Å². The molecule has 154 valence electrons. The van der Waals surface area contributed by atoms with Gasteiger partial charge in [-0.3, -0.25) is 9.59 Å². The maximum Gasteiger partial charge on any atom is 0.275 e. The average molecular weight is 426 g/mol. The summed E-state index contributed by atoms with van der Waals surface area (Å²) >= 11 is 5.93. The second-order valence-electron chi connectivity index (χ2n) is 6.87. The lowest BCUT2D eigenvalue weighted by atomic mass is 10.1. The molecule has 0 atom stereocenters. The highest BCUT2D eigenvalue weighted by Crippen LogP contribution is 2.30. The van der Waals surface area contributed by atoms with Crippen molar-refractivity contribution in [1.82, 2.24) is 15.1 Å². The first-order valence-electron chi connectivity index (χ1n) is 9.55. The molecule has 1 N–H and O–H groups in total. The van der Waals surface area contributed by atoms with Gasteiger partial charge in [0, 0.05) is 23.3 Å². The Bertz CT molecular complexity index is 1140. The van der Waals surface area contributed by atoms with Crippen LogP contribution in [0, 0.1) is 6.92 Å². The Balaban J connectivity index is 1.46. The summed E-state index contributed by atoms with van der Waals surface area (Å²) in [5, 5.41) is 7.63. The van der Waals surface area contributed by atoms with Gasteiger partial charge >= 0.3 is 0 Å². The van der Waals surface area contributed by atoms with Gasteiger partial charge in [0.1, 0.15) is 13.2 Å². The van der Waals surface area contributed by atoms with Gasteiger partial charge < -0.3 is 14.8 Å². The molecule has 0 bridgehead atoms. The molecule has 0 unspecified atom stereocenters. The second kappa shape index (κ2) is 8.59. The van der Waals surface area contributed by atoms with Crippen LogP contribution in [0.2, 0.25) is 5.02 Å². The van der Waals surface area contributed by atoms with E-state index in [2.05, 4.69) is 10.4 Å². The van der Waals surface area contributed by atoms with E-state index < -0.39 is 11.3 Å². The predicted molar refractivity (Wildman–Crippen MR) is 113 cm³/mol. The number of amides is 1. The zero-order chi connectivity index (χ0) is 21.1. The van der Waals surface area contributed by atoms with E-state index in [0.29, 0.717) is 48.3 Å². The van der Waals surface area contributed by atoms with Gasteiger partial charge in [-0.05, 0) is 55.3 Å². The summed E-state index contributed by atoms with van der Waals surface area (Å²) in [5.41, 5.74) is 1.75. The van der Waals surface area contributed by atoms with Gasteiger partial charge in [0.05, 0.1) is 5.69 Å². The van der Waals surface area contributed by atoms with Crippen molar-refractivity contribution in [3.05, 3.63) is 80.7 Å². The molecule has 4 rings (SSSR count). The van der Waals surface area contributed by atoms with Crippen LogP contribution in [0.25, 0.3) is 5.69 Å². The normalized spacial score (nSPS) is 12.5. The summed E-state index contributed by atoms with van der Waals surface area (Å²) in [7, 11) is 0. The third-order valence-corrected chi connectivity index (χ3v) is 4.95. The van der Waals surface area contributed by atoms with E-state index in [9.17, 15) is 9.59 Å². The summed E-state index contributed by atoms with van der Waals surface area (Å²) in [6.45, 7) is 3.17. The zero-order valence-corrected chi connectivity index (χ0v) is 17.1. The van der Waals surface area contributed by atoms with Gasteiger partial charge in [-0.1, -0.05) is 17.7 Å². The summed E-state index contributed by atoms with van der Waals surface area (Å²) in [4.78, 5) is 24.9. The van der Waals surface area contributed by atoms with E-state index in [0.717, 1.165) is 11.3 Å². The SMILES string of the molecule is Cc1cc(=O)c(C(=O)NCCc2ccc3c(c2)OCCO3)nn1-c1ccc(Cl)cc1. The first-order chi connectivity index (χ1) is 14.5. The third kappa shape index (κ3) is 4.31. The molecule has 1 aliphatic heterocycles. The van der Waals surface area contributed by atoms with Crippen molar-refractivity contribution in [2.45, 2.75) is 13.3 Å². The Labute approximate surface area is 178 Å². The molecule has 1 aliphatic rings. The molecular weight excluding hydrogens is 406 g/mol. The number of hydrogen-bond donors (Lipinski definition) is 1. The maximum absolute atomic E-state index is 12.6. The summed E-state index contributed by atoms with van der Waals surface area (Å²) in [6, 6.07) is 14.1. The third-order valence-electron chi connectivity index (χ3n) is 4.70. The molecule has 0 fully saturated rings. The van der Waals surface area contributed by atoms with Gasteiger partial charge in [0.25, 0.3) is 5.91 Å². The van der Waals surface area contributed by atoms with Crippen molar-refractivity contribution in [2.75, 3.05) is 19.8 Å². The molecule has 0 saturated heterocycles. The Morgan fingerprint density at radius 2 is 1.83 bits per heavy atom. The summed E-state index contributed by atoms with van der Waals surface area (Å²) < 4.78 is 12.6. The molecule has 3 aromatic rings. The van der Waals surface area contributed by atoms with Crippen LogP contribution in [0.5, 0.6) is 11.5 Å². The average Bonchev–Trinajstić information content (AvgIpc) is 2.74. The topological polar surface area (TPSA) is 82.5 Å². The Kier molecular flexibility index (Phi) is 5.72. The first-order valence-corrected chi connectivity index (χ1v) is 9.93. The second-order valence-corrected chi connectivity index (χ2v) is 7.31. The van der Waals surface area contributed by atoms with E-state index in [1.54, 1.807) is 35.9 Å². The Hall–Kier alpha value is -3.32. The number of nitrogens with one attached hydrogen (secondary N) is 1. The molecule has 30 heavy (non-hydrogen) atoms. The van der Waals surface area contributed by atoms with Crippen LogP contribution in [-0.2, 0) is 6.42 Å². The lowest BCUT2D eigenvalue weighted by Gasteiger charge is -2.18. The van der Waals surface area contributed by atoms with Crippen LogP contribution < -0.4 is 20.2 Å². The smallest absolute Gasteiger partial charge is 0.275 e. The van der Waals surface area contributed by atoms with Crippen LogP contribution in [0.4, 0.5) is 0 Å². The van der Waals surface area contributed by atoms with Gasteiger partial charge in [0.2, 0.25) is 5.43 Å². The first kappa shape index (κ1) is 20.0. The van der Waals surface area contributed by atoms with E-state index >= 15 is 0 Å². The minimum absolute atomic E-state index is 0.155. The highest BCUT2D eigenvalue weighted by Gasteiger charge is 2.16. The van der Waals surface area contributed by atoms with Gasteiger partial charge in [-0.25, -0.2) is 4.68 Å². The molecule has 0 radical (unpaired) electrons. The van der Waals surface area contributed by atoms with Crippen molar-refractivity contribution < 1.29 is 14.3 Å². The number of halogens is 1. The minimum atomic E-state index is -0.514. The number of nitrogens with zero attached hydrogens (tertiary/aromatic N) is 2. The van der Waals surface area contributed by atoms with E-state index in [4.69, 9.17) is 21.1 Å². The number of rotatable bonds is 5. The van der Waals surface area contributed by atoms with Crippen LogP contribution in [0.1, 0.15) is 21.7 Å². The van der Waals surface area contributed by atoms with E-state index in [1.165, 1.54) is 6.07 Å². The predicted octanol–water partition coefficient (Wildman–Crippen LogP) is 2.94. The largest absolute Gasteiger partial charge is 0.486 e. The van der Waals surface area contributed by atoms with Crippen molar-refractivity contribution in [1.29, 1.82) is 0 Å². The monoisotopic (exact) mass is 425 g/mol. The highest BCUT2D eigenvalue weighted by molar-refractivity contribution is 6.30. The van der Waals surface area contributed by atoms with Crippen molar-refractivity contribution >= 4 is 17.5 Å². The fraction of sp³-hybridized carbons (Fsp3) is 0.227. The minimum Gasteiger partial charge on any atom is -0.486 e. The fourth-order valence-electron chi connectivity index (χ4n) is 3.20. The number of ether oxygens (including phenoxy) is 2. The summed E-state index contributed by atoms with van der Waals surface area (Å²) in [6.07, 6.45) is 0.583. The van der Waals surface area contributed by atoms with Crippen molar-refractivity contribution in [3.63, 3.8) is 0 Å². The molecule has 8 heteroatoms. The Morgan fingerprint density at radius 3 is 2.60 bits per heavy atom. The number of hydrogen-bond acceptors (Lipinski definition) is 5. The number of aromatic nitrogens is 2. The maximum atomic E-state index is 12.6. The van der Waals surface area contributed by atoms with Gasteiger partial charge in [0.15, 0.2) is 17.2 Å². The molecule has 1 amide bonds. The van der Waals surface area contributed by atoms with Crippen LogP contribution in [0.15, 0.2) is 53.3 Å². The molecule has 7 nitrogen and oxygen atoms in total. The highest BCUT2D eigenvalue weighted by atomic mass is 35.5. The number of carbonyl (C=O) groups excluding carboxylic acids is 1.